The van der Waals surface area contributed by atoms with Crippen LogP contribution in [0.1, 0.15) is 178 Å². The van der Waals surface area contributed by atoms with Gasteiger partial charge < -0.3 is 48.1 Å². The molecule has 0 aromatic heterocycles. The van der Waals surface area contributed by atoms with Crippen LogP contribution in [0.5, 0.6) is 0 Å². The Hall–Kier alpha value is -1.38. The van der Waals surface area contributed by atoms with Crippen molar-refractivity contribution in [3.8, 4) is 0 Å². The largest absolute Gasteiger partial charge is 0.466 e. The zero-order valence-electron chi connectivity index (χ0n) is 47.1. The number of carbonyl (C=O) groups excluding carboxylic acids is 2. The van der Waals surface area contributed by atoms with E-state index in [1.54, 1.807) is 0 Å². The van der Waals surface area contributed by atoms with E-state index in [4.69, 9.17) is 37.9 Å². The average molecular weight is 949 g/mol. The standard InChI is InChI=1S/C28H58O5.C26H50O7/c1-23(2,3)17-27(19-29,25(7,8)9)21-32-15-13-31-14-16-33-22-28(20-30,26(10,11)12)18-24(4,5)6;1-11-32-21(27)25(9,17-23(3,4)5)19-30-15-13-29-14-16-31-20-26(10,18-24(6,7)8)22(28)33-12-2/h29-30H,13-22H2,1-12H3;11-20H2,1-10H3. The molecule has 0 radical (unpaired) electrons. The molecule has 0 aromatic carbocycles. The van der Waals surface area contributed by atoms with Gasteiger partial charge in [-0.3, -0.25) is 9.59 Å². The Balaban J connectivity index is 0. The molecule has 66 heavy (non-hydrogen) atoms. The van der Waals surface area contributed by atoms with Crippen molar-refractivity contribution in [2.45, 2.75) is 178 Å². The van der Waals surface area contributed by atoms with E-state index in [1.807, 2.05) is 27.7 Å². The van der Waals surface area contributed by atoms with E-state index in [1.165, 1.54) is 0 Å². The van der Waals surface area contributed by atoms with E-state index in [0.29, 0.717) is 92.1 Å². The van der Waals surface area contributed by atoms with E-state index in [-0.39, 0.29) is 81.7 Å². The molecule has 0 aliphatic heterocycles. The van der Waals surface area contributed by atoms with Crippen LogP contribution in [0, 0.1) is 54.1 Å². The van der Waals surface area contributed by atoms with Crippen LogP contribution in [0.4, 0.5) is 0 Å². The molecule has 0 aromatic rings. The van der Waals surface area contributed by atoms with Crippen molar-refractivity contribution < 1.29 is 57.7 Å². The number of hydrogen-bond donors (Lipinski definition) is 2. The van der Waals surface area contributed by atoms with Crippen molar-refractivity contribution in [3.05, 3.63) is 0 Å². The average Bonchev–Trinajstić information content (AvgIpc) is 3.12. The second-order valence-corrected chi connectivity index (χ2v) is 26.3. The Morgan fingerprint density at radius 3 is 0.773 bits per heavy atom. The van der Waals surface area contributed by atoms with Gasteiger partial charge in [0.1, 0.15) is 0 Å². The SMILES string of the molecule is CC(C)(C)CC(CO)(COCCOCCOCC(CO)(CC(C)(C)C)C(C)(C)C)C(C)(C)C.CCOC(=O)C(C)(COCCOCCOCC(C)(CC(C)(C)C)C(=O)OCC)CC(C)(C)C. The first-order chi connectivity index (χ1) is 29.8. The van der Waals surface area contributed by atoms with Gasteiger partial charge in [-0.05, 0) is 85.9 Å². The van der Waals surface area contributed by atoms with Crippen LogP contribution in [0.15, 0.2) is 0 Å². The highest BCUT2D eigenvalue weighted by atomic mass is 16.6. The Morgan fingerprint density at radius 2 is 0.576 bits per heavy atom. The molecule has 0 saturated heterocycles. The number of aliphatic hydroxyl groups excluding tert-OH is 2. The van der Waals surface area contributed by atoms with Gasteiger partial charge in [0, 0.05) is 10.8 Å². The number of rotatable bonds is 30. The van der Waals surface area contributed by atoms with Gasteiger partial charge in [0.15, 0.2) is 0 Å². The van der Waals surface area contributed by atoms with Crippen molar-refractivity contribution in [2.75, 3.05) is 106 Å². The molecular weight excluding hydrogens is 841 g/mol. The minimum Gasteiger partial charge on any atom is -0.466 e. The summed E-state index contributed by atoms with van der Waals surface area (Å²) in [4.78, 5) is 24.9. The van der Waals surface area contributed by atoms with E-state index < -0.39 is 10.8 Å². The molecule has 0 heterocycles. The quantitative estimate of drug-likeness (QED) is 0.0521. The normalized spacial score (nSPS) is 16.8. The number of esters is 2. The molecule has 0 spiro atoms. The minimum absolute atomic E-state index is 0.0241. The summed E-state index contributed by atoms with van der Waals surface area (Å²) in [5, 5.41) is 20.5. The minimum atomic E-state index is -0.692. The van der Waals surface area contributed by atoms with Gasteiger partial charge in [-0.25, -0.2) is 0 Å². The maximum Gasteiger partial charge on any atom is 0.314 e. The molecule has 12 heteroatoms. The number of aliphatic hydroxyl groups is 2. The van der Waals surface area contributed by atoms with Crippen LogP contribution in [0.2, 0.25) is 0 Å². The van der Waals surface area contributed by atoms with Crippen molar-refractivity contribution in [1.82, 2.24) is 0 Å². The van der Waals surface area contributed by atoms with Crippen LogP contribution in [-0.2, 0) is 47.5 Å². The molecule has 0 rings (SSSR count). The van der Waals surface area contributed by atoms with Gasteiger partial charge in [0.2, 0.25) is 0 Å². The van der Waals surface area contributed by atoms with Gasteiger partial charge in [0.25, 0.3) is 0 Å². The highest BCUT2D eigenvalue weighted by molar-refractivity contribution is 5.77. The van der Waals surface area contributed by atoms with E-state index in [9.17, 15) is 19.8 Å². The molecule has 4 unspecified atom stereocenters. The molecule has 0 amide bonds. The first-order valence-corrected chi connectivity index (χ1v) is 24.9. The van der Waals surface area contributed by atoms with Crippen molar-refractivity contribution >= 4 is 11.9 Å². The van der Waals surface area contributed by atoms with Crippen LogP contribution in [0.25, 0.3) is 0 Å². The molecule has 0 aliphatic carbocycles. The zero-order chi connectivity index (χ0) is 52.0. The lowest BCUT2D eigenvalue weighted by Gasteiger charge is -2.47. The second-order valence-electron chi connectivity index (χ2n) is 26.3. The summed E-state index contributed by atoms with van der Waals surface area (Å²) in [7, 11) is 0. The van der Waals surface area contributed by atoms with Crippen LogP contribution >= 0.6 is 0 Å². The lowest BCUT2D eigenvalue weighted by atomic mass is 9.61. The highest BCUT2D eigenvalue weighted by Gasteiger charge is 2.46. The van der Waals surface area contributed by atoms with Gasteiger partial charge in [-0.1, -0.05) is 125 Å². The third-order valence-corrected chi connectivity index (χ3v) is 12.0. The first kappa shape index (κ1) is 66.7. The maximum absolute atomic E-state index is 12.5. The van der Waals surface area contributed by atoms with Crippen molar-refractivity contribution in [3.63, 3.8) is 0 Å². The molecular formula is C54H108O12. The van der Waals surface area contributed by atoms with Crippen LogP contribution < -0.4 is 0 Å². The lowest BCUT2D eigenvalue weighted by Crippen LogP contribution is -2.46. The number of ether oxygens (including phenoxy) is 8. The first-order valence-electron chi connectivity index (χ1n) is 24.9. The van der Waals surface area contributed by atoms with E-state index >= 15 is 0 Å². The van der Waals surface area contributed by atoms with E-state index in [0.717, 1.165) is 12.8 Å². The molecule has 0 aliphatic rings. The fourth-order valence-corrected chi connectivity index (χ4v) is 8.89. The molecule has 4 atom stereocenters. The summed E-state index contributed by atoms with van der Waals surface area (Å²) >= 11 is 0. The Kier molecular flexibility index (Phi) is 29.4. The molecule has 12 nitrogen and oxygen atoms in total. The second kappa shape index (κ2) is 29.1. The predicted octanol–water partition coefficient (Wildman–Crippen LogP) is 11.0. The Labute approximate surface area is 406 Å². The molecule has 0 bridgehead atoms. The van der Waals surface area contributed by atoms with Crippen LogP contribution in [-0.4, -0.2) is 128 Å². The predicted molar refractivity (Wildman–Crippen MR) is 269 cm³/mol. The summed E-state index contributed by atoms with van der Waals surface area (Å²) in [5.41, 5.74) is -1.93. The Bertz CT molecular complexity index is 1210. The zero-order valence-corrected chi connectivity index (χ0v) is 47.1. The number of hydrogen-bond acceptors (Lipinski definition) is 12. The summed E-state index contributed by atoms with van der Waals surface area (Å²) < 4.78 is 45.3. The van der Waals surface area contributed by atoms with Gasteiger partial charge in [0.05, 0.1) is 117 Å². The van der Waals surface area contributed by atoms with Gasteiger partial charge in [-0.15, -0.1) is 0 Å². The van der Waals surface area contributed by atoms with Gasteiger partial charge >= 0.3 is 11.9 Å². The third kappa shape index (κ3) is 27.7. The summed E-state index contributed by atoms with van der Waals surface area (Å²) in [5.74, 6) is -0.455. The summed E-state index contributed by atoms with van der Waals surface area (Å²) in [6, 6.07) is 0. The lowest BCUT2D eigenvalue weighted by molar-refractivity contribution is -0.161. The summed E-state index contributed by atoms with van der Waals surface area (Å²) in [6.07, 6.45) is 3.12. The van der Waals surface area contributed by atoms with Crippen molar-refractivity contribution in [1.29, 1.82) is 0 Å². The molecule has 2 N–H and O–H groups in total. The Morgan fingerprint density at radius 1 is 0.348 bits per heavy atom. The maximum atomic E-state index is 12.5. The smallest absolute Gasteiger partial charge is 0.314 e. The molecule has 0 fully saturated rings. The fraction of sp³-hybridized carbons (Fsp3) is 0.963. The number of carbonyl (C=O) groups is 2. The van der Waals surface area contributed by atoms with Crippen LogP contribution in [0.3, 0.4) is 0 Å². The molecule has 396 valence electrons. The fourth-order valence-electron chi connectivity index (χ4n) is 8.89. The van der Waals surface area contributed by atoms with E-state index in [2.05, 4.69) is 125 Å². The highest BCUT2D eigenvalue weighted by Crippen LogP contribution is 2.48. The monoisotopic (exact) mass is 949 g/mol. The van der Waals surface area contributed by atoms with Gasteiger partial charge in [-0.2, -0.15) is 0 Å². The summed E-state index contributed by atoms with van der Waals surface area (Å²) in [6.45, 7) is 52.4. The van der Waals surface area contributed by atoms with Crippen molar-refractivity contribution in [2.24, 2.45) is 54.1 Å². The third-order valence-electron chi connectivity index (χ3n) is 12.0. The molecule has 0 saturated carbocycles. The topological polar surface area (TPSA) is 148 Å².